The summed E-state index contributed by atoms with van der Waals surface area (Å²) in [5, 5.41) is 3.40. The molecule has 2 rings (SSSR count). The zero-order valence-electron chi connectivity index (χ0n) is 11.2. The lowest BCUT2D eigenvalue weighted by atomic mass is 10.1. The van der Waals surface area contributed by atoms with Crippen LogP contribution in [0.25, 0.3) is 0 Å². The molecule has 3 nitrogen and oxygen atoms in total. The molecular weight excluding hydrogens is 226 g/mol. The molecule has 1 aromatic rings. The number of ether oxygens (including phenoxy) is 2. The van der Waals surface area contributed by atoms with Crippen LogP contribution in [-0.2, 0) is 0 Å². The first-order valence-corrected chi connectivity index (χ1v) is 6.99. The predicted molar refractivity (Wildman–Crippen MR) is 73.4 cm³/mol. The van der Waals surface area contributed by atoms with Gasteiger partial charge in [0.15, 0.2) is 11.5 Å². The lowest BCUT2D eigenvalue weighted by molar-refractivity contribution is 0.176. The maximum atomic E-state index is 6.10. The molecule has 0 saturated carbocycles. The van der Waals surface area contributed by atoms with Gasteiger partial charge in [0, 0.05) is 0 Å². The Hall–Kier alpha value is -1.22. The summed E-state index contributed by atoms with van der Waals surface area (Å²) in [5.74, 6) is 1.76. The molecule has 1 unspecified atom stereocenters. The molecule has 1 aliphatic heterocycles. The van der Waals surface area contributed by atoms with Crippen molar-refractivity contribution in [2.45, 2.75) is 38.7 Å². The first-order chi connectivity index (χ1) is 8.90. The topological polar surface area (TPSA) is 30.5 Å². The highest BCUT2D eigenvalue weighted by molar-refractivity contribution is 5.39. The van der Waals surface area contributed by atoms with Crippen LogP contribution in [0.15, 0.2) is 24.3 Å². The van der Waals surface area contributed by atoms with Crippen LogP contribution in [-0.4, -0.2) is 25.8 Å². The second-order valence-corrected chi connectivity index (χ2v) is 4.72. The van der Waals surface area contributed by atoms with E-state index in [1.807, 2.05) is 24.3 Å². The van der Waals surface area contributed by atoms with Crippen LogP contribution in [0.1, 0.15) is 32.6 Å². The summed E-state index contributed by atoms with van der Waals surface area (Å²) in [4.78, 5) is 0. The van der Waals surface area contributed by atoms with E-state index in [1.54, 1.807) is 0 Å². The van der Waals surface area contributed by atoms with Gasteiger partial charge in [-0.1, -0.05) is 19.1 Å². The fourth-order valence-corrected chi connectivity index (χ4v) is 2.16. The van der Waals surface area contributed by atoms with Gasteiger partial charge in [0.2, 0.25) is 0 Å². The van der Waals surface area contributed by atoms with E-state index in [9.17, 15) is 0 Å². The van der Waals surface area contributed by atoms with E-state index >= 15 is 0 Å². The van der Waals surface area contributed by atoms with Crippen LogP contribution in [0, 0.1) is 0 Å². The minimum absolute atomic E-state index is 0.311. The minimum atomic E-state index is 0.311. The summed E-state index contributed by atoms with van der Waals surface area (Å²) >= 11 is 0. The summed E-state index contributed by atoms with van der Waals surface area (Å²) in [5.41, 5.74) is 0. The van der Waals surface area contributed by atoms with E-state index in [1.165, 1.54) is 6.42 Å². The van der Waals surface area contributed by atoms with Crippen molar-refractivity contribution in [3.05, 3.63) is 24.3 Å². The molecule has 0 aliphatic carbocycles. The van der Waals surface area contributed by atoms with Crippen molar-refractivity contribution in [3.8, 4) is 11.5 Å². The van der Waals surface area contributed by atoms with Crippen molar-refractivity contribution in [1.29, 1.82) is 0 Å². The molecular formula is C15H23NO2. The van der Waals surface area contributed by atoms with Gasteiger partial charge in [0.05, 0.1) is 6.61 Å². The first kappa shape index (κ1) is 13.2. The molecule has 1 fully saturated rings. The molecule has 1 aliphatic rings. The molecule has 1 N–H and O–H groups in total. The van der Waals surface area contributed by atoms with E-state index in [-0.39, 0.29) is 0 Å². The van der Waals surface area contributed by atoms with Crippen LogP contribution in [0.3, 0.4) is 0 Å². The van der Waals surface area contributed by atoms with Gasteiger partial charge in [0.1, 0.15) is 6.10 Å². The third kappa shape index (κ3) is 3.91. The molecule has 1 atom stereocenters. The predicted octanol–water partition coefficient (Wildman–Crippen LogP) is 3.00. The van der Waals surface area contributed by atoms with E-state index in [0.717, 1.165) is 50.5 Å². The molecule has 0 bridgehead atoms. The van der Waals surface area contributed by atoms with E-state index in [0.29, 0.717) is 6.10 Å². The third-order valence-electron chi connectivity index (χ3n) is 3.13. The Bertz CT molecular complexity index is 346. The Kier molecular flexibility index (Phi) is 5.34. The Labute approximate surface area is 109 Å². The maximum absolute atomic E-state index is 6.10. The molecule has 0 spiro atoms. The molecule has 18 heavy (non-hydrogen) atoms. The number of para-hydroxylation sites is 2. The van der Waals surface area contributed by atoms with Gasteiger partial charge in [-0.25, -0.2) is 0 Å². The lowest BCUT2D eigenvalue weighted by Gasteiger charge is -2.19. The standard InChI is InChI=1S/C15H23NO2/c1-2-12-17-14-7-3-4-8-15(14)18-13-6-5-10-16-11-9-13/h3-4,7-8,13,16H,2,5-6,9-12H2,1H3. The summed E-state index contributed by atoms with van der Waals surface area (Å²) < 4.78 is 11.8. The zero-order chi connectivity index (χ0) is 12.6. The Balaban J connectivity index is 1.98. The van der Waals surface area contributed by atoms with Crippen LogP contribution in [0.4, 0.5) is 0 Å². The van der Waals surface area contributed by atoms with Crippen LogP contribution >= 0.6 is 0 Å². The highest BCUT2D eigenvalue weighted by atomic mass is 16.5. The van der Waals surface area contributed by atoms with Crippen molar-refractivity contribution in [2.75, 3.05) is 19.7 Å². The summed E-state index contributed by atoms with van der Waals surface area (Å²) in [6.45, 7) is 5.00. The van der Waals surface area contributed by atoms with Crippen molar-refractivity contribution in [3.63, 3.8) is 0 Å². The van der Waals surface area contributed by atoms with E-state index in [4.69, 9.17) is 9.47 Å². The average Bonchev–Trinajstić information content (AvgIpc) is 2.66. The highest BCUT2D eigenvalue weighted by Crippen LogP contribution is 2.29. The Morgan fingerprint density at radius 3 is 2.83 bits per heavy atom. The molecule has 0 radical (unpaired) electrons. The number of rotatable bonds is 5. The summed E-state index contributed by atoms with van der Waals surface area (Å²) in [6, 6.07) is 7.98. The van der Waals surface area contributed by atoms with Crippen LogP contribution in [0.5, 0.6) is 11.5 Å². The van der Waals surface area contributed by atoms with Crippen molar-refractivity contribution < 1.29 is 9.47 Å². The van der Waals surface area contributed by atoms with Crippen molar-refractivity contribution in [1.82, 2.24) is 5.32 Å². The molecule has 0 amide bonds. The van der Waals surface area contributed by atoms with Gasteiger partial charge in [0.25, 0.3) is 0 Å². The Morgan fingerprint density at radius 1 is 1.17 bits per heavy atom. The normalized spacial score (nSPS) is 20.2. The van der Waals surface area contributed by atoms with Gasteiger partial charge in [-0.05, 0) is 50.9 Å². The van der Waals surface area contributed by atoms with Crippen LogP contribution < -0.4 is 14.8 Å². The fraction of sp³-hybridized carbons (Fsp3) is 0.600. The van der Waals surface area contributed by atoms with Crippen molar-refractivity contribution in [2.24, 2.45) is 0 Å². The van der Waals surface area contributed by atoms with Gasteiger partial charge in [-0.3, -0.25) is 0 Å². The van der Waals surface area contributed by atoms with Gasteiger partial charge >= 0.3 is 0 Å². The minimum Gasteiger partial charge on any atom is -0.490 e. The summed E-state index contributed by atoms with van der Waals surface area (Å²) in [6.07, 6.45) is 4.70. The van der Waals surface area contributed by atoms with Gasteiger partial charge < -0.3 is 14.8 Å². The fourth-order valence-electron chi connectivity index (χ4n) is 2.16. The maximum Gasteiger partial charge on any atom is 0.161 e. The smallest absolute Gasteiger partial charge is 0.161 e. The quantitative estimate of drug-likeness (QED) is 0.870. The number of nitrogens with one attached hydrogen (secondary N) is 1. The third-order valence-corrected chi connectivity index (χ3v) is 3.13. The van der Waals surface area contributed by atoms with Gasteiger partial charge in [-0.2, -0.15) is 0 Å². The zero-order valence-corrected chi connectivity index (χ0v) is 11.2. The molecule has 1 saturated heterocycles. The number of hydrogen-bond donors (Lipinski definition) is 1. The van der Waals surface area contributed by atoms with Crippen molar-refractivity contribution >= 4 is 0 Å². The second-order valence-electron chi connectivity index (χ2n) is 4.72. The average molecular weight is 249 g/mol. The van der Waals surface area contributed by atoms with E-state index < -0.39 is 0 Å². The summed E-state index contributed by atoms with van der Waals surface area (Å²) in [7, 11) is 0. The lowest BCUT2D eigenvalue weighted by Crippen LogP contribution is -2.19. The van der Waals surface area contributed by atoms with Gasteiger partial charge in [-0.15, -0.1) is 0 Å². The molecule has 3 heteroatoms. The molecule has 100 valence electrons. The van der Waals surface area contributed by atoms with E-state index in [2.05, 4.69) is 12.2 Å². The monoisotopic (exact) mass is 249 g/mol. The largest absolute Gasteiger partial charge is 0.490 e. The SMILES string of the molecule is CCCOc1ccccc1OC1CCCNCC1. The molecule has 1 aromatic carbocycles. The molecule has 0 aromatic heterocycles. The second kappa shape index (κ2) is 7.27. The number of benzene rings is 1. The highest BCUT2D eigenvalue weighted by Gasteiger charge is 2.15. The first-order valence-electron chi connectivity index (χ1n) is 6.99. The number of hydrogen-bond acceptors (Lipinski definition) is 3. The van der Waals surface area contributed by atoms with Crippen LogP contribution in [0.2, 0.25) is 0 Å². The Morgan fingerprint density at radius 2 is 2.00 bits per heavy atom. The molecule has 1 heterocycles.